The molecule has 7 nitrogen and oxygen atoms in total. The summed E-state index contributed by atoms with van der Waals surface area (Å²) in [4.78, 5) is 26.5. The molecule has 0 N–H and O–H groups in total. The van der Waals surface area contributed by atoms with Gasteiger partial charge in [0, 0.05) is 17.7 Å². The number of esters is 1. The molecule has 7 heteroatoms. The number of aliphatic imine (C=N–C) groups is 1. The van der Waals surface area contributed by atoms with E-state index in [4.69, 9.17) is 9.47 Å². The highest BCUT2D eigenvalue weighted by Gasteiger charge is 2.24. The lowest BCUT2D eigenvalue weighted by molar-refractivity contribution is -0.384. The lowest BCUT2D eigenvalue weighted by Crippen LogP contribution is -2.05. The molecule has 3 rings (SSSR count). The molecule has 0 aliphatic carbocycles. The second kappa shape index (κ2) is 8.27. The fourth-order valence-electron chi connectivity index (χ4n) is 2.41. The fraction of sp³-hybridized carbons (Fsp3) is 0.200. The van der Waals surface area contributed by atoms with Gasteiger partial charge in [0.2, 0.25) is 5.90 Å². The molecule has 2 aromatic rings. The number of nitro benzene ring substituents is 1. The van der Waals surface area contributed by atoms with Crippen LogP contribution >= 0.6 is 0 Å². The molecule has 0 saturated heterocycles. The molecule has 0 fully saturated rings. The minimum atomic E-state index is -0.563. The highest BCUT2D eigenvalue weighted by molar-refractivity contribution is 6.12. The van der Waals surface area contributed by atoms with Crippen LogP contribution in [0.5, 0.6) is 5.75 Å². The molecule has 0 radical (unpaired) electrons. The van der Waals surface area contributed by atoms with Gasteiger partial charge in [-0.25, -0.2) is 9.79 Å². The molecule has 2 aromatic carbocycles. The van der Waals surface area contributed by atoms with Gasteiger partial charge >= 0.3 is 5.97 Å². The first kappa shape index (κ1) is 18.3. The van der Waals surface area contributed by atoms with Crippen molar-refractivity contribution >= 4 is 23.6 Å². The number of ether oxygens (including phenoxy) is 2. The Hall–Kier alpha value is -3.48. The molecule has 1 aliphatic rings. The highest BCUT2D eigenvalue weighted by Crippen LogP contribution is 2.22. The zero-order chi connectivity index (χ0) is 19.2. The standard InChI is InChI=1S/C20H18N2O5/c1-2-3-12-26-17-10-6-15(7-11-17)19-21-18(20(23)27-19)13-14-4-8-16(9-5-14)22(24)25/h4-11,13H,2-3,12H2,1H3/b18-13-. The molecular weight excluding hydrogens is 348 g/mol. The van der Waals surface area contributed by atoms with E-state index >= 15 is 0 Å². The second-order valence-electron chi connectivity index (χ2n) is 5.91. The number of carbonyl (C=O) groups is 1. The van der Waals surface area contributed by atoms with E-state index in [0.29, 0.717) is 17.7 Å². The second-order valence-corrected chi connectivity index (χ2v) is 5.91. The van der Waals surface area contributed by atoms with Crippen molar-refractivity contribution in [2.45, 2.75) is 19.8 Å². The average molecular weight is 366 g/mol. The van der Waals surface area contributed by atoms with Crippen LogP contribution in [0, 0.1) is 10.1 Å². The van der Waals surface area contributed by atoms with Crippen LogP contribution in [0.4, 0.5) is 5.69 Å². The van der Waals surface area contributed by atoms with Crippen LogP contribution in [-0.4, -0.2) is 23.4 Å². The lowest BCUT2D eigenvalue weighted by Gasteiger charge is -2.05. The first-order valence-corrected chi connectivity index (χ1v) is 8.57. The minimum Gasteiger partial charge on any atom is -0.494 e. The van der Waals surface area contributed by atoms with E-state index in [0.717, 1.165) is 18.6 Å². The third-order valence-corrected chi connectivity index (χ3v) is 3.90. The Morgan fingerprint density at radius 1 is 1.15 bits per heavy atom. The maximum absolute atomic E-state index is 12.0. The largest absolute Gasteiger partial charge is 0.494 e. The van der Waals surface area contributed by atoms with Crippen molar-refractivity contribution in [3.63, 3.8) is 0 Å². The third-order valence-electron chi connectivity index (χ3n) is 3.90. The molecule has 0 saturated carbocycles. The van der Waals surface area contributed by atoms with Crippen molar-refractivity contribution in [3.05, 3.63) is 75.5 Å². The Balaban J connectivity index is 1.74. The van der Waals surface area contributed by atoms with Crippen molar-refractivity contribution < 1.29 is 19.2 Å². The van der Waals surface area contributed by atoms with Gasteiger partial charge in [-0.3, -0.25) is 10.1 Å². The Labute approximate surface area is 156 Å². The molecule has 0 atom stereocenters. The molecule has 0 spiro atoms. The molecule has 0 unspecified atom stereocenters. The van der Waals surface area contributed by atoms with Crippen LogP contribution in [0.25, 0.3) is 6.08 Å². The van der Waals surface area contributed by atoms with Gasteiger partial charge in [0.25, 0.3) is 5.69 Å². The molecule has 0 aromatic heterocycles. The Morgan fingerprint density at radius 2 is 1.85 bits per heavy atom. The quantitative estimate of drug-likeness (QED) is 0.242. The van der Waals surface area contributed by atoms with Crippen LogP contribution in [0.3, 0.4) is 0 Å². The van der Waals surface area contributed by atoms with Gasteiger partial charge < -0.3 is 9.47 Å². The number of nitro groups is 1. The summed E-state index contributed by atoms with van der Waals surface area (Å²) in [6, 6.07) is 13.0. The van der Waals surface area contributed by atoms with Crippen LogP contribution in [0.1, 0.15) is 30.9 Å². The van der Waals surface area contributed by atoms with E-state index in [1.165, 1.54) is 18.2 Å². The molecule has 1 aliphatic heterocycles. The molecule has 0 bridgehead atoms. The minimum absolute atomic E-state index is 0.0171. The summed E-state index contributed by atoms with van der Waals surface area (Å²) in [5.74, 6) is 0.402. The van der Waals surface area contributed by atoms with E-state index in [-0.39, 0.29) is 17.3 Å². The summed E-state index contributed by atoms with van der Waals surface area (Å²) in [5, 5.41) is 10.7. The molecule has 27 heavy (non-hydrogen) atoms. The fourth-order valence-corrected chi connectivity index (χ4v) is 2.41. The monoisotopic (exact) mass is 366 g/mol. The average Bonchev–Trinajstić information content (AvgIpc) is 3.03. The predicted molar refractivity (Wildman–Crippen MR) is 101 cm³/mol. The van der Waals surface area contributed by atoms with Crippen molar-refractivity contribution in [2.24, 2.45) is 4.99 Å². The number of non-ortho nitro benzene ring substituents is 1. The lowest BCUT2D eigenvalue weighted by atomic mass is 10.2. The number of rotatable bonds is 7. The summed E-state index contributed by atoms with van der Waals surface area (Å²) >= 11 is 0. The van der Waals surface area contributed by atoms with E-state index in [2.05, 4.69) is 11.9 Å². The normalized spacial score (nSPS) is 14.8. The molecule has 0 amide bonds. The number of benzene rings is 2. The molecule has 138 valence electrons. The van der Waals surface area contributed by atoms with Gasteiger partial charge in [0.1, 0.15) is 5.75 Å². The first-order valence-electron chi connectivity index (χ1n) is 8.57. The predicted octanol–water partition coefficient (Wildman–Crippen LogP) is 4.12. The van der Waals surface area contributed by atoms with Crippen LogP contribution in [-0.2, 0) is 9.53 Å². The SMILES string of the molecule is CCCCOc1ccc(C2=N/C(=C\c3ccc([N+](=O)[O-])cc3)C(=O)O2)cc1. The van der Waals surface area contributed by atoms with Gasteiger partial charge in [0.15, 0.2) is 5.70 Å². The number of hydrogen-bond donors (Lipinski definition) is 0. The van der Waals surface area contributed by atoms with Crippen molar-refractivity contribution in [3.8, 4) is 5.75 Å². The van der Waals surface area contributed by atoms with E-state index < -0.39 is 10.9 Å². The van der Waals surface area contributed by atoms with Crippen LogP contribution in [0.2, 0.25) is 0 Å². The van der Waals surface area contributed by atoms with E-state index in [1.807, 2.05) is 0 Å². The third kappa shape index (κ3) is 4.58. The summed E-state index contributed by atoms with van der Waals surface area (Å²) in [7, 11) is 0. The Morgan fingerprint density at radius 3 is 2.48 bits per heavy atom. The summed E-state index contributed by atoms with van der Waals surface area (Å²) < 4.78 is 10.8. The number of cyclic esters (lactones) is 1. The summed E-state index contributed by atoms with van der Waals surface area (Å²) in [6.07, 6.45) is 3.58. The summed E-state index contributed by atoms with van der Waals surface area (Å²) in [6.45, 7) is 2.76. The van der Waals surface area contributed by atoms with Crippen molar-refractivity contribution in [2.75, 3.05) is 6.61 Å². The summed E-state index contributed by atoms with van der Waals surface area (Å²) in [5.41, 5.74) is 1.41. The molecule has 1 heterocycles. The van der Waals surface area contributed by atoms with E-state index in [9.17, 15) is 14.9 Å². The maximum Gasteiger partial charge on any atom is 0.363 e. The zero-order valence-corrected chi connectivity index (χ0v) is 14.8. The Bertz CT molecular complexity index is 899. The Kier molecular flexibility index (Phi) is 5.61. The number of unbranched alkanes of at least 4 members (excludes halogenated alkanes) is 1. The van der Waals surface area contributed by atoms with Crippen molar-refractivity contribution in [1.82, 2.24) is 0 Å². The molecular formula is C20H18N2O5. The van der Waals surface area contributed by atoms with Crippen LogP contribution < -0.4 is 4.74 Å². The van der Waals surface area contributed by atoms with Gasteiger partial charge in [-0.05, 0) is 54.5 Å². The number of nitrogens with zero attached hydrogens (tertiary/aromatic N) is 2. The zero-order valence-electron chi connectivity index (χ0n) is 14.8. The smallest absolute Gasteiger partial charge is 0.363 e. The number of carbonyl (C=O) groups excluding carboxylic acids is 1. The number of hydrogen-bond acceptors (Lipinski definition) is 6. The van der Waals surface area contributed by atoms with Gasteiger partial charge in [-0.1, -0.05) is 13.3 Å². The van der Waals surface area contributed by atoms with Gasteiger partial charge in [0.05, 0.1) is 11.5 Å². The maximum atomic E-state index is 12.0. The topological polar surface area (TPSA) is 91.0 Å². The first-order chi connectivity index (χ1) is 13.1. The van der Waals surface area contributed by atoms with Gasteiger partial charge in [-0.2, -0.15) is 0 Å². The van der Waals surface area contributed by atoms with Crippen LogP contribution in [0.15, 0.2) is 59.2 Å². The van der Waals surface area contributed by atoms with Gasteiger partial charge in [-0.15, -0.1) is 0 Å². The van der Waals surface area contributed by atoms with E-state index in [1.54, 1.807) is 36.4 Å². The van der Waals surface area contributed by atoms with Crippen molar-refractivity contribution in [1.29, 1.82) is 0 Å². The highest BCUT2D eigenvalue weighted by atomic mass is 16.6.